The Morgan fingerprint density at radius 3 is 1.62 bits per heavy atom. The van der Waals surface area contributed by atoms with Crippen LogP contribution in [-0.2, 0) is 39.8 Å². The Morgan fingerprint density at radius 2 is 1.11 bits per heavy atom. The highest BCUT2D eigenvalue weighted by atomic mass is 16.6. The van der Waals surface area contributed by atoms with Gasteiger partial charge in [-0.1, -0.05) is 30.3 Å². The second-order valence-electron chi connectivity index (χ2n) is 7.82. The molecule has 0 unspecified atom stereocenters. The first-order valence-electron chi connectivity index (χ1n) is 12.8. The molecule has 0 radical (unpaired) electrons. The van der Waals surface area contributed by atoms with E-state index in [0.717, 1.165) is 11.3 Å². The van der Waals surface area contributed by atoms with Crippen LogP contribution < -0.4 is 5.32 Å². The molecule has 1 N–H and O–H groups in total. The van der Waals surface area contributed by atoms with Crippen LogP contribution in [0.25, 0.3) is 0 Å². The predicted molar refractivity (Wildman–Crippen MR) is 141 cm³/mol. The first-order valence-corrected chi connectivity index (χ1v) is 12.8. The van der Waals surface area contributed by atoms with Crippen molar-refractivity contribution in [3.05, 3.63) is 65.7 Å². The van der Waals surface area contributed by atoms with Crippen LogP contribution in [0, 0.1) is 0 Å². The van der Waals surface area contributed by atoms with E-state index in [4.69, 9.17) is 33.2 Å². The van der Waals surface area contributed by atoms with Gasteiger partial charge in [0.1, 0.15) is 0 Å². The van der Waals surface area contributed by atoms with Crippen LogP contribution in [0.4, 0.5) is 5.69 Å². The van der Waals surface area contributed by atoms with Crippen LogP contribution in [0.3, 0.4) is 0 Å². The molecule has 0 amide bonds. The van der Waals surface area contributed by atoms with Gasteiger partial charge in [-0.2, -0.15) is 0 Å². The van der Waals surface area contributed by atoms with E-state index < -0.39 is 0 Å². The van der Waals surface area contributed by atoms with Crippen LogP contribution >= 0.6 is 0 Å². The molecule has 0 aliphatic rings. The molecule has 2 aromatic rings. The summed E-state index contributed by atoms with van der Waals surface area (Å²) >= 11 is 0. The molecule has 206 valence electrons. The van der Waals surface area contributed by atoms with E-state index in [1.807, 2.05) is 42.5 Å². The van der Waals surface area contributed by atoms with Crippen molar-refractivity contribution >= 4 is 11.7 Å². The maximum Gasteiger partial charge on any atom is 0.338 e. The third kappa shape index (κ3) is 16.0. The van der Waals surface area contributed by atoms with Crippen molar-refractivity contribution in [2.75, 3.05) is 91.1 Å². The fraction of sp³-hybridized carbons (Fsp3) is 0.536. The van der Waals surface area contributed by atoms with Gasteiger partial charge in [0, 0.05) is 12.2 Å². The fourth-order valence-electron chi connectivity index (χ4n) is 3.07. The fourth-order valence-corrected chi connectivity index (χ4v) is 3.07. The highest BCUT2D eigenvalue weighted by molar-refractivity contribution is 5.89. The Hall–Kier alpha value is -2.53. The minimum atomic E-state index is -0.311. The molecule has 0 saturated carbocycles. The minimum absolute atomic E-state index is 0.311. The maximum absolute atomic E-state index is 11.6. The molecule has 9 heteroatoms. The number of hydrogen-bond donors (Lipinski definition) is 1. The second-order valence-corrected chi connectivity index (χ2v) is 7.82. The minimum Gasteiger partial charge on any atom is -0.462 e. The van der Waals surface area contributed by atoms with Gasteiger partial charge in [-0.25, -0.2) is 4.79 Å². The molecule has 0 bridgehead atoms. The van der Waals surface area contributed by atoms with Gasteiger partial charge < -0.3 is 38.5 Å². The van der Waals surface area contributed by atoms with Crippen LogP contribution in [0.15, 0.2) is 54.6 Å². The molecule has 0 aliphatic carbocycles. The summed E-state index contributed by atoms with van der Waals surface area (Å²) in [6, 6.07) is 17.2. The molecule has 0 heterocycles. The Balaban J connectivity index is 1.26. The number of anilines is 1. The van der Waals surface area contributed by atoms with Gasteiger partial charge in [-0.3, -0.25) is 0 Å². The van der Waals surface area contributed by atoms with Crippen molar-refractivity contribution in [3.8, 4) is 0 Å². The van der Waals surface area contributed by atoms with E-state index in [1.165, 1.54) is 0 Å². The smallest absolute Gasteiger partial charge is 0.338 e. The number of carbonyl (C=O) groups is 1. The molecule has 0 atom stereocenters. The van der Waals surface area contributed by atoms with E-state index in [2.05, 4.69) is 5.32 Å². The first-order chi connectivity index (χ1) is 18.3. The maximum atomic E-state index is 11.6. The van der Waals surface area contributed by atoms with Gasteiger partial charge in [-0.05, 0) is 36.8 Å². The number of hydrogen-bond acceptors (Lipinski definition) is 9. The molecule has 0 aliphatic heterocycles. The largest absolute Gasteiger partial charge is 0.462 e. The van der Waals surface area contributed by atoms with Crippen LogP contribution in [0.2, 0.25) is 0 Å². The Labute approximate surface area is 220 Å². The Bertz CT molecular complexity index is 804. The number of rotatable bonds is 23. The number of nitrogens with one attached hydrogen (secondary N) is 1. The number of esters is 1. The predicted octanol–water partition coefficient (Wildman–Crippen LogP) is 3.58. The molecule has 0 spiro atoms. The topological polar surface area (TPSA) is 93.7 Å². The summed E-state index contributed by atoms with van der Waals surface area (Å²) in [5.74, 6) is -0.311. The van der Waals surface area contributed by atoms with Crippen molar-refractivity contribution in [2.24, 2.45) is 0 Å². The molecular formula is C28H41NO8. The molecule has 9 nitrogen and oxygen atoms in total. The molecular weight excluding hydrogens is 478 g/mol. The molecule has 0 saturated heterocycles. The molecule has 0 aromatic heterocycles. The lowest BCUT2D eigenvalue weighted by Gasteiger charge is -2.09. The average Bonchev–Trinajstić information content (AvgIpc) is 2.93. The van der Waals surface area contributed by atoms with Crippen LogP contribution in [-0.4, -0.2) is 91.8 Å². The Kier molecular flexibility index (Phi) is 17.9. The first kappa shape index (κ1) is 30.7. The Morgan fingerprint density at radius 1 is 0.622 bits per heavy atom. The molecule has 2 rings (SSSR count). The zero-order valence-electron chi connectivity index (χ0n) is 21.9. The monoisotopic (exact) mass is 519 g/mol. The SMILES string of the molecule is CCOC(=O)c1ccc(NCCOCCOCCOCCOCCOCCOCc2ccccc2)cc1. The molecule has 0 fully saturated rings. The van der Waals surface area contributed by atoms with Gasteiger partial charge in [0.05, 0.1) is 91.5 Å². The molecule has 2 aromatic carbocycles. The second kappa shape index (κ2) is 21.5. The lowest BCUT2D eigenvalue weighted by Crippen LogP contribution is -2.15. The summed E-state index contributed by atoms with van der Waals surface area (Å²) < 4.78 is 38.0. The van der Waals surface area contributed by atoms with Crippen molar-refractivity contribution in [3.63, 3.8) is 0 Å². The number of benzene rings is 2. The van der Waals surface area contributed by atoms with Crippen molar-refractivity contribution in [1.29, 1.82) is 0 Å². The molecule has 37 heavy (non-hydrogen) atoms. The van der Waals surface area contributed by atoms with E-state index in [0.29, 0.717) is 98.0 Å². The highest BCUT2D eigenvalue weighted by Gasteiger charge is 2.05. The third-order valence-electron chi connectivity index (χ3n) is 4.94. The third-order valence-corrected chi connectivity index (χ3v) is 4.94. The zero-order chi connectivity index (χ0) is 26.2. The summed E-state index contributed by atoms with van der Waals surface area (Å²) in [5, 5.41) is 3.24. The van der Waals surface area contributed by atoms with Crippen molar-refractivity contribution in [2.45, 2.75) is 13.5 Å². The average molecular weight is 520 g/mol. The van der Waals surface area contributed by atoms with Crippen molar-refractivity contribution < 1.29 is 38.0 Å². The summed E-state index contributed by atoms with van der Waals surface area (Å²) in [4.78, 5) is 11.6. The standard InChI is InChI=1S/C28H41NO8/c1-2-37-28(30)26-8-10-27(11-9-26)29-12-13-31-14-15-32-16-17-33-18-19-34-20-21-35-22-23-36-24-25-6-4-3-5-7-25/h3-11,29H,2,12-24H2,1H3. The summed E-state index contributed by atoms with van der Waals surface area (Å²) in [5.41, 5.74) is 2.62. The van der Waals surface area contributed by atoms with E-state index in [9.17, 15) is 4.79 Å². The lowest BCUT2D eigenvalue weighted by molar-refractivity contribution is -0.0173. The van der Waals surface area contributed by atoms with E-state index >= 15 is 0 Å². The van der Waals surface area contributed by atoms with E-state index in [1.54, 1.807) is 19.1 Å². The number of carbonyl (C=O) groups excluding carboxylic acids is 1. The van der Waals surface area contributed by atoms with Crippen molar-refractivity contribution in [1.82, 2.24) is 0 Å². The van der Waals surface area contributed by atoms with Gasteiger partial charge in [0.25, 0.3) is 0 Å². The van der Waals surface area contributed by atoms with Gasteiger partial charge in [-0.15, -0.1) is 0 Å². The number of ether oxygens (including phenoxy) is 7. The van der Waals surface area contributed by atoms with Crippen LogP contribution in [0.1, 0.15) is 22.8 Å². The zero-order valence-corrected chi connectivity index (χ0v) is 21.9. The lowest BCUT2D eigenvalue weighted by atomic mass is 10.2. The van der Waals surface area contributed by atoms with Crippen LogP contribution in [0.5, 0.6) is 0 Å². The summed E-state index contributed by atoms with van der Waals surface area (Å²) in [7, 11) is 0. The quantitative estimate of drug-likeness (QED) is 0.175. The van der Waals surface area contributed by atoms with Gasteiger partial charge >= 0.3 is 5.97 Å². The van der Waals surface area contributed by atoms with Gasteiger partial charge in [0.15, 0.2) is 0 Å². The van der Waals surface area contributed by atoms with E-state index in [-0.39, 0.29) is 5.97 Å². The summed E-state index contributed by atoms with van der Waals surface area (Å²) in [6.07, 6.45) is 0. The summed E-state index contributed by atoms with van der Waals surface area (Å²) in [6.45, 7) is 9.26. The normalized spacial score (nSPS) is 10.9. The van der Waals surface area contributed by atoms with Gasteiger partial charge in [0.2, 0.25) is 0 Å². The highest BCUT2D eigenvalue weighted by Crippen LogP contribution is 2.10.